The van der Waals surface area contributed by atoms with Crippen LogP contribution in [0.25, 0.3) is 0 Å². The van der Waals surface area contributed by atoms with Crippen molar-refractivity contribution in [1.29, 1.82) is 0 Å². The van der Waals surface area contributed by atoms with E-state index in [0.717, 1.165) is 36.0 Å². The van der Waals surface area contributed by atoms with E-state index in [9.17, 15) is 15.0 Å². The molecule has 0 amide bonds. The molecule has 27 heavy (non-hydrogen) atoms. The Kier molecular flexibility index (Phi) is 7.43. The van der Waals surface area contributed by atoms with Crippen LogP contribution in [-0.2, 0) is 14.3 Å². The molecule has 5 atom stereocenters. The van der Waals surface area contributed by atoms with Crippen molar-refractivity contribution in [2.45, 2.75) is 83.7 Å². The molecule has 5 nitrogen and oxygen atoms in total. The van der Waals surface area contributed by atoms with E-state index in [-0.39, 0.29) is 30.2 Å². The first-order chi connectivity index (χ1) is 12.6. The van der Waals surface area contributed by atoms with E-state index in [0.29, 0.717) is 12.8 Å². The van der Waals surface area contributed by atoms with Crippen LogP contribution in [0.3, 0.4) is 0 Å². The number of ether oxygens (including phenoxy) is 2. The standard InChI is InChI=1S/C22H34O5/c1-14(2)18-12-19(24)15(3)7-6-10-22(5)21(27-22)9-8-17(11-20(18)25)13-26-16(4)23/h7,11,18-21,24-25H,1,6,8-10,12-13H2,2-5H3/b15-7+,17-11?/t18-,19+,20+,21-,22-/m1/s1. The van der Waals surface area contributed by atoms with Crippen LogP contribution in [0.2, 0.25) is 0 Å². The molecule has 0 aromatic carbocycles. The molecule has 0 aromatic rings. The minimum absolute atomic E-state index is 0.128. The molecule has 1 fully saturated rings. The second kappa shape index (κ2) is 9.18. The van der Waals surface area contributed by atoms with Gasteiger partial charge in [0.2, 0.25) is 0 Å². The summed E-state index contributed by atoms with van der Waals surface area (Å²) in [7, 11) is 0. The summed E-state index contributed by atoms with van der Waals surface area (Å²) in [6.07, 6.45) is 6.31. The Bertz CT molecular complexity index is 620. The number of hydrogen-bond donors (Lipinski definition) is 2. The summed E-state index contributed by atoms with van der Waals surface area (Å²) in [5.74, 6) is -0.606. The van der Waals surface area contributed by atoms with E-state index >= 15 is 0 Å². The molecular formula is C22H34O5. The lowest BCUT2D eigenvalue weighted by atomic mass is 9.85. The van der Waals surface area contributed by atoms with Crippen LogP contribution in [0.1, 0.15) is 59.8 Å². The van der Waals surface area contributed by atoms with E-state index in [1.54, 1.807) is 6.08 Å². The van der Waals surface area contributed by atoms with Gasteiger partial charge in [0.1, 0.15) is 6.61 Å². The second-order valence-electron chi connectivity index (χ2n) is 8.24. The Hall–Kier alpha value is -1.43. The molecule has 0 aromatic heterocycles. The molecule has 0 unspecified atom stereocenters. The van der Waals surface area contributed by atoms with Gasteiger partial charge in [0.25, 0.3) is 0 Å². The van der Waals surface area contributed by atoms with Gasteiger partial charge in [-0.2, -0.15) is 0 Å². The highest BCUT2D eigenvalue weighted by atomic mass is 16.6. The molecule has 0 spiro atoms. The molecule has 2 N–H and O–H groups in total. The number of hydrogen-bond acceptors (Lipinski definition) is 5. The maximum atomic E-state index is 11.2. The van der Waals surface area contributed by atoms with Crippen LogP contribution in [0.15, 0.2) is 35.5 Å². The zero-order valence-corrected chi connectivity index (χ0v) is 17.0. The quantitative estimate of drug-likeness (QED) is 0.447. The lowest BCUT2D eigenvalue weighted by Crippen LogP contribution is -2.26. The minimum atomic E-state index is -0.787. The van der Waals surface area contributed by atoms with Crippen molar-refractivity contribution in [1.82, 2.24) is 0 Å². The number of aliphatic hydroxyl groups is 2. The fraction of sp³-hybridized carbons (Fsp3) is 0.682. The van der Waals surface area contributed by atoms with Gasteiger partial charge >= 0.3 is 5.97 Å². The van der Waals surface area contributed by atoms with E-state index in [4.69, 9.17) is 9.47 Å². The SMILES string of the molecule is C=C(C)[C@H]1C[C@H](O)/C(C)=C/CC[C@@]2(C)O[C@@H]2CCC(COC(C)=O)=C[C@@H]1O. The summed E-state index contributed by atoms with van der Waals surface area (Å²) in [4.78, 5) is 11.2. The number of carbonyl (C=O) groups excluding carboxylic acids is 1. The van der Waals surface area contributed by atoms with Crippen molar-refractivity contribution in [3.63, 3.8) is 0 Å². The van der Waals surface area contributed by atoms with Crippen LogP contribution in [0.4, 0.5) is 0 Å². The van der Waals surface area contributed by atoms with Gasteiger partial charge in [-0.1, -0.05) is 24.3 Å². The molecule has 5 heteroatoms. The summed E-state index contributed by atoms with van der Waals surface area (Å²) in [6, 6.07) is 0. The molecule has 0 saturated carbocycles. The number of carbonyl (C=O) groups is 1. The van der Waals surface area contributed by atoms with Gasteiger partial charge in [-0.25, -0.2) is 0 Å². The molecule has 0 radical (unpaired) electrons. The summed E-state index contributed by atoms with van der Waals surface area (Å²) in [6.45, 7) is 11.4. The molecule has 1 aliphatic heterocycles. The van der Waals surface area contributed by atoms with Crippen molar-refractivity contribution in [2.24, 2.45) is 5.92 Å². The Labute approximate surface area is 162 Å². The molecular weight excluding hydrogens is 344 g/mol. The minimum Gasteiger partial charge on any atom is -0.461 e. The average molecular weight is 379 g/mol. The monoisotopic (exact) mass is 378 g/mol. The number of epoxide rings is 1. The fourth-order valence-corrected chi connectivity index (χ4v) is 3.73. The van der Waals surface area contributed by atoms with Gasteiger partial charge in [-0.05, 0) is 64.0 Å². The summed E-state index contributed by atoms with van der Waals surface area (Å²) in [5, 5.41) is 21.3. The van der Waals surface area contributed by atoms with Crippen molar-refractivity contribution in [2.75, 3.05) is 6.61 Å². The zero-order valence-electron chi connectivity index (χ0n) is 17.0. The lowest BCUT2D eigenvalue weighted by molar-refractivity contribution is -0.140. The van der Waals surface area contributed by atoms with Gasteiger partial charge in [0.15, 0.2) is 0 Å². The van der Waals surface area contributed by atoms with Crippen LogP contribution < -0.4 is 0 Å². The van der Waals surface area contributed by atoms with Crippen molar-refractivity contribution >= 4 is 5.97 Å². The molecule has 1 saturated heterocycles. The van der Waals surface area contributed by atoms with Crippen LogP contribution >= 0.6 is 0 Å². The molecule has 0 bridgehead atoms. The highest BCUT2D eigenvalue weighted by Gasteiger charge is 2.50. The Morgan fingerprint density at radius 2 is 2.11 bits per heavy atom. The molecule has 1 heterocycles. The molecule has 152 valence electrons. The number of allylic oxidation sites excluding steroid dienone is 1. The van der Waals surface area contributed by atoms with E-state index in [2.05, 4.69) is 19.6 Å². The van der Waals surface area contributed by atoms with Crippen LogP contribution in [0, 0.1) is 5.92 Å². The first-order valence-electron chi connectivity index (χ1n) is 9.81. The number of fused-ring (bicyclic) bond motifs is 1. The third-order valence-corrected chi connectivity index (χ3v) is 5.79. The third-order valence-electron chi connectivity index (χ3n) is 5.79. The third kappa shape index (κ3) is 6.30. The van der Waals surface area contributed by atoms with Gasteiger partial charge < -0.3 is 19.7 Å². The number of esters is 1. The Morgan fingerprint density at radius 3 is 2.74 bits per heavy atom. The maximum absolute atomic E-state index is 11.2. The molecule has 1 aliphatic carbocycles. The molecule has 2 rings (SSSR count). The van der Waals surface area contributed by atoms with Gasteiger partial charge in [0.05, 0.1) is 23.9 Å². The zero-order chi connectivity index (χ0) is 20.2. The van der Waals surface area contributed by atoms with Crippen LogP contribution in [-0.4, -0.2) is 46.7 Å². The van der Waals surface area contributed by atoms with Gasteiger partial charge in [0, 0.05) is 12.8 Å². The second-order valence-corrected chi connectivity index (χ2v) is 8.24. The smallest absolute Gasteiger partial charge is 0.302 e. The summed E-state index contributed by atoms with van der Waals surface area (Å²) < 4.78 is 11.1. The Balaban J connectivity index is 2.24. The van der Waals surface area contributed by atoms with Crippen LogP contribution in [0.5, 0.6) is 0 Å². The summed E-state index contributed by atoms with van der Waals surface area (Å²) in [5.41, 5.74) is 2.48. The van der Waals surface area contributed by atoms with E-state index in [1.165, 1.54) is 6.92 Å². The van der Waals surface area contributed by atoms with Gasteiger partial charge in [-0.15, -0.1) is 0 Å². The summed E-state index contributed by atoms with van der Waals surface area (Å²) >= 11 is 0. The topological polar surface area (TPSA) is 79.3 Å². The maximum Gasteiger partial charge on any atom is 0.302 e. The van der Waals surface area contributed by atoms with E-state index in [1.807, 2.05) is 13.8 Å². The predicted molar refractivity (Wildman–Crippen MR) is 105 cm³/mol. The van der Waals surface area contributed by atoms with E-state index < -0.39 is 12.2 Å². The fourth-order valence-electron chi connectivity index (χ4n) is 3.73. The highest BCUT2D eigenvalue weighted by molar-refractivity contribution is 5.66. The Morgan fingerprint density at radius 1 is 1.41 bits per heavy atom. The number of rotatable bonds is 3. The molecule has 2 aliphatic rings. The van der Waals surface area contributed by atoms with Crippen molar-refractivity contribution in [3.8, 4) is 0 Å². The van der Waals surface area contributed by atoms with Crippen molar-refractivity contribution in [3.05, 3.63) is 35.5 Å². The normalized spacial score (nSPS) is 37.1. The average Bonchev–Trinajstić information content (AvgIpc) is 3.23. The lowest BCUT2D eigenvalue weighted by Gasteiger charge is -2.25. The van der Waals surface area contributed by atoms with Crippen molar-refractivity contribution < 1.29 is 24.5 Å². The first kappa shape index (κ1) is 21.9. The van der Waals surface area contributed by atoms with Gasteiger partial charge in [-0.3, -0.25) is 4.79 Å². The predicted octanol–water partition coefficient (Wildman–Crippen LogP) is 3.46. The highest BCUT2D eigenvalue weighted by Crippen LogP contribution is 2.43. The number of aliphatic hydroxyl groups excluding tert-OH is 2. The largest absolute Gasteiger partial charge is 0.461 e. The first-order valence-corrected chi connectivity index (χ1v) is 9.81.